The van der Waals surface area contributed by atoms with Crippen molar-refractivity contribution >= 4 is 15.7 Å². The number of ether oxygens (including phenoxy) is 2. The molecule has 4 rings (SSSR count). The van der Waals surface area contributed by atoms with Gasteiger partial charge in [0.15, 0.2) is 11.5 Å². The van der Waals surface area contributed by atoms with E-state index in [0.717, 1.165) is 48.9 Å². The Morgan fingerprint density at radius 3 is 2.45 bits per heavy atom. The molecule has 1 aliphatic heterocycles. The number of likely N-dealkylation sites (N-methyl/N-ethyl adjacent to an activating group) is 1. The highest BCUT2D eigenvalue weighted by molar-refractivity contribution is 7.92. The summed E-state index contributed by atoms with van der Waals surface area (Å²) in [4.78, 5) is 0.338. The van der Waals surface area contributed by atoms with Gasteiger partial charge < -0.3 is 14.8 Å². The number of allylic oxidation sites excluding steroid dienone is 6. The van der Waals surface area contributed by atoms with Gasteiger partial charge in [0.2, 0.25) is 0 Å². The minimum absolute atomic E-state index is 0.225. The zero-order chi connectivity index (χ0) is 27.1. The molecule has 38 heavy (non-hydrogen) atoms. The van der Waals surface area contributed by atoms with Crippen molar-refractivity contribution in [1.29, 1.82) is 0 Å². The lowest BCUT2D eigenvalue weighted by Gasteiger charge is -2.26. The third-order valence-electron chi connectivity index (χ3n) is 7.19. The second-order valence-electron chi connectivity index (χ2n) is 9.96. The lowest BCUT2D eigenvalue weighted by atomic mass is 9.91. The first kappa shape index (κ1) is 28.0. The zero-order valence-corrected chi connectivity index (χ0v) is 23.7. The van der Waals surface area contributed by atoms with Gasteiger partial charge in [0.05, 0.1) is 10.6 Å². The molecule has 0 aromatic heterocycles. The van der Waals surface area contributed by atoms with Gasteiger partial charge in [0.25, 0.3) is 10.0 Å². The predicted octanol–water partition coefficient (Wildman–Crippen LogP) is 6.02. The van der Waals surface area contributed by atoms with Crippen LogP contribution in [0.2, 0.25) is 0 Å². The first-order chi connectivity index (χ1) is 18.3. The van der Waals surface area contributed by atoms with Crippen LogP contribution in [0.15, 0.2) is 71.2 Å². The topological polar surface area (TPSA) is 67.9 Å². The summed E-state index contributed by atoms with van der Waals surface area (Å²) in [5.74, 6) is 1.45. The van der Waals surface area contributed by atoms with E-state index in [1.165, 1.54) is 9.88 Å². The largest absolute Gasteiger partial charge is 0.486 e. The summed E-state index contributed by atoms with van der Waals surface area (Å²) in [6, 6.07) is 9.48. The van der Waals surface area contributed by atoms with Gasteiger partial charge in [0.1, 0.15) is 13.2 Å². The molecule has 0 saturated carbocycles. The molecule has 0 spiro atoms. The molecule has 1 N–H and O–H groups in total. The van der Waals surface area contributed by atoms with Crippen LogP contribution in [0.5, 0.6) is 11.5 Å². The maximum absolute atomic E-state index is 13.9. The fraction of sp³-hybridized carbons (Fsp3) is 0.387. The summed E-state index contributed by atoms with van der Waals surface area (Å²) >= 11 is 0. The van der Waals surface area contributed by atoms with Crippen molar-refractivity contribution in [1.82, 2.24) is 5.32 Å². The quantitative estimate of drug-likeness (QED) is 0.357. The van der Waals surface area contributed by atoms with Gasteiger partial charge >= 0.3 is 0 Å². The lowest BCUT2D eigenvalue weighted by Crippen LogP contribution is -2.28. The van der Waals surface area contributed by atoms with Crippen LogP contribution in [-0.2, 0) is 10.0 Å². The third-order valence-corrected chi connectivity index (χ3v) is 9.11. The Morgan fingerprint density at radius 2 is 1.68 bits per heavy atom. The molecule has 0 amide bonds. The van der Waals surface area contributed by atoms with E-state index in [4.69, 9.17) is 9.47 Å². The van der Waals surface area contributed by atoms with Crippen molar-refractivity contribution in [2.75, 3.05) is 38.2 Å². The summed E-state index contributed by atoms with van der Waals surface area (Å²) in [7, 11) is -0.242. The number of anilines is 1. The van der Waals surface area contributed by atoms with Gasteiger partial charge in [-0.15, -0.1) is 0 Å². The van der Waals surface area contributed by atoms with Gasteiger partial charge in [-0.1, -0.05) is 54.5 Å². The van der Waals surface area contributed by atoms with Gasteiger partial charge in [0, 0.05) is 26.1 Å². The summed E-state index contributed by atoms with van der Waals surface area (Å²) < 4.78 is 40.5. The summed E-state index contributed by atoms with van der Waals surface area (Å²) in [5, 5.41) is 3.30. The Labute approximate surface area is 228 Å². The Kier molecular flexibility index (Phi) is 9.34. The normalized spacial score (nSPS) is 15.6. The minimum Gasteiger partial charge on any atom is -0.486 e. The van der Waals surface area contributed by atoms with E-state index in [2.05, 4.69) is 36.0 Å². The molecule has 2 aromatic carbocycles. The Morgan fingerprint density at radius 1 is 0.947 bits per heavy atom. The molecule has 203 valence electrons. The first-order valence-corrected chi connectivity index (χ1v) is 14.8. The molecule has 1 heterocycles. The van der Waals surface area contributed by atoms with E-state index >= 15 is 0 Å². The molecule has 7 heteroatoms. The highest BCUT2D eigenvalue weighted by atomic mass is 32.2. The molecular weight excluding hydrogens is 496 g/mol. The summed E-state index contributed by atoms with van der Waals surface area (Å²) in [6.07, 6.45) is 16.8. The minimum atomic E-state index is -3.79. The number of sulfonamides is 1. The molecular formula is C31H39N2O4S. The Balaban J connectivity index is 1.52. The van der Waals surface area contributed by atoms with Crippen LogP contribution >= 0.6 is 0 Å². The molecule has 0 saturated heterocycles. The van der Waals surface area contributed by atoms with E-state index in [0.29, 0.717) is 35.3 Å². The van der Waals surface area contributed by atoms with Crippen LogP contribution in [0.4, 0.5) is 5.69 Å². The van der Waals surface area contributed by atoms with E-state index in [1.54, 1.807) is 13.1 Å². The monoisotopic (exact) mass is 535 g/mol. The number of hydrogen-bond donors (Lipinski definition) is 1. The number of unbranched alkanes of at least 4 members (excludes halogenated alkanes) is 1. The van der Waals surface area contributed by atoms with E-state index in [9.17, 15) is 8.42 Å². The Hall–Kier alpha value is -3.03. The van der Waals surface area contributed by atoms with E-state index in [1.807, 2.05) is 51.2 Å². The van der Waals surface area contributed by atoms with Crippen molar-refractivity contribution in [2.24, 2.45) is 0 Å². The average Bonchev–Trinajstić information content (AvgIpc) is 3.19. The van der Waals surface area contributed by atoms with Gasteiger partial charge in [-0.25, -0.2) is 8.42 Å². The smallest absolute Gasteiger partial charge is 0.264 e. The maximum atomic E-state index is 13.9. The van der Waals surface area contributed by atoms with Crippen LogP contribution in [0.3, 0.4) is 0 Å². The van der Waals surface area contributed by atoms with Gasteiger partial charge in [-0.2, -0.15) is 0 Å². The van der Waals surface area contributed by atoms with Crippen molar-refractivity contribution in [3.05, 3.63) is 89.4 Å². The second kappa shape index (κ2) is 12.7. The fourth-order valence-electron chi connectivity index (χ4n) is 5.01. The van der Waals surface area contributed by atoms with Crippen molar-refractivity contribution < 1.29 is 17.9 Å². The van der Waals surface area contributed by atoms with Crippen LogP contribution in [0, 0.1) is 20.3 Å². The predicted molar refractivity (Wildman–Crippen MR) is 155 cm³/mol. The third kappa shape index (κ3) is 6.51. The van der Waals surface area contributed by atoms with Gasteiger partial charge in [-0.05, 0) is 74.9 Å². The highest BCUT2D eigenvalue weighted by Gasteiger charge is 2.27. The number of nitrogens with zero attached hydrogens (tertiary/aromatic N) is 1. The number of benzene rings is 2. The van der Waals surface area contributed by atoms with Crippen molar-refractivity contribution in [3.8, 4) is 11.5 Å². The lowest BCUT2D eigenvalue weighted by molar-refractivity contribution is 0.171. The van der Waals surface area contributed by atoms with E-state index in [-0.39, 0.29) is 5.92 Å². The summed E-state index contributed by atoms with van der Waals surface area (Å²) in [6.45, 7) is 5.48. The molecule has 1 unspecified atom stereocenters. The highest BCUT2D eigenvalue weighted by Crippen LogP contribution is 2.38. The van der Waals surface area contributed by atoms with E-state index < -0.39 is 10.0 Å². The molecule has 2 aromatic rings. The van der Waals surface area contributed by atoms with Crippen molar-refractivity contribution in [3.63, 3.8) is 0 Å². The number of aryl methyl sites for hydroxylation is 2. The molecule has 1 aliphatic carbocycles. The zero-order valence-electron chi connectivity index (χ0n) is 22.9. The molecule has 1 radical (unpaired) electrons. The van der Waals surface area contributed by atoms with Crippen LogP contribution in [0.25, 0.3) is 0 Å². The second-order valence-corrected chi connectivity index (χ2v) is 11.9. The number of fused-ring (bicyclic) bond motifs is 1. The molecule has 1 atom stereocenters. The van der Waals surface area contributed by atoms with Crippen LogP contribution < -0.4 is 19.1 Å². The number of nitrogens with one attached hydrogen (secondary N) is 1. The molecule has 2 aliphatic rings. The SMILES string of the molecule is CNCC(CCCCC1=CC=CC=C[CH]1)c1ccc(C)c(S(=O)(=O)N(C)c2cc3c(cc2C)OCCO3)c1. The van der Waals surface area contributed by atoms with Crippen molar-refractivity contribution in [2.45, 2.75) is 50.3 Å². The average molecular weight is 536 g/mol. The number of hydrogen-bond acceptors (Lipinski definition) is 5. The van der Waals surface area contributed by atoms with Crippen LogP contribution in [-0.4, -0.2) is 42.3 Å². The summed E-state index contributed by atoms with van der Waals surface area (Å²) in [5.41, 5.74) is 4.51. The van der Waals surface area contributed by atoms with Crippen LogP contribution in [0.1, 0.15) is 48.3 Å². The maximum Gasteiger partial charge on any atom is 0.264 e. The molecule has 6 nitrogen and oxygen atoms in total. The molecule has 0 fully saturated rings. The fourth-order valence-corrected chi connectivity index (χ4v) is 6.52. The Bertz CT molecular complexity index is 1330. The first-order valence-electron chi connectivity index (χ1n) is 13.3. The molecule has 0 bridgehead atoms. The standard InChI is InChI=1S/C31H39N2O4S/c1-23-15-16-26(27(22-32-3)14-10-9-13-25-11-7-5-6-8-12-25)20-31(23)38(34,35)33(4)28-21-30-29(19-24(28)2)36-17-18-37-30/h5-8,11-12,15-16,19-21,27,32H,9-10,13-14,17-18,22H2,1-4H3. The number of rotatable bonds is 11. The van der Waals surface area contributed by atoms with Gasteiger partial charge in [-0.3, -0.25) is 4.31 Å².